The van der Waals surface area contributed by atoms with Crippen LogP contribution in [-0.2, 0) is 9.53 Å². The maximum absolute atomic E-state index is 12.1. The van der Waals surface area contributed by atoms with E-state index >= 15 is 0 Å². The van der Waals surface area contributed by atoms with E-state index in [1.165, 1.54) is 7.11 Å². The summed E-state index contributed by atoms with van der Waals surface area (Å²) in [5.74, 6) is -0.253. The molecule has 1 fully saturated rings. The van der Waals surface area contributed by atoms with Gasteiger partial charge in [-0.15, -0.1) is 0 Å². The SMILES string of the molecule is CCN(CC)CCNC(C(=O)OC)c1cncn1C1CC1. The summed E-state index contributed by atoms with van der Waals surface area (Å²) in [6.45, 7) is 7.98. The zero-order chi connectivity index (χ0) is 15.2. The number of hydrogen-bond acceptors (Lipinski definition) is 5. The minimum atomic E-state index is -0.436. The Morgan fingerprint density at radius 3 is 2.81 bits per heavy atom. The van der Waals surface area contributed by atoms with E-state index < -0.39 is 6.04 Å². The average molecular weight is 294 g/mol. The predicted molar refractivity (Wildman–Crippen MR) is 81.0 cm³/mol. The van der Waals surface area contributed by atoms with Crippen molar-refractivity contribution in [2.24, 2.45) is 0 Å². The number of ether oxygens (including phenoxy) is 1. The molecule has 1 N–H and O–H groups in total. The van der Waals surface area contributed by atoms with Gasteiger partial charge in [-0.1, -0.05) is 13.8 Å². The Morgan fingerprint density at radius 2 is 2.24 bits per heavy atom. The molecular weight excluding hydrogens is 268 g/mol. The fourth-order valence-corrected chi connectivity index (χ4v) is 2.53. The number of aromatic nitrogens is 2. The smallest absolute Gasteiger partial charge is 0.329 e. The fraction of sp³-hybridized carbons (Fsp3) is 0.733. The fourth-order valence-electron chi connectivity index (χ4n) is 2.53. The molecule has 6 heteroatoms. The van der Waals surface area contributed by atoms with Gasteiger partial charge in [0.15, 0.2) is 0 Å². The van der Waals surface area contributed by atoms with Crippen molar-refractivity contribution < 1.29 is 9.53 Å². The van der Waals surface area contributed by atoms with Crippen molar-refractivity contribution in [2.45, 2.75) is 38.8 Å². The maximum Gasteiger partial charge on any atom is 0.329 e. The van der Waals surface area contributed by atoms with E-state index in [9.17, 15) is 4.79 Å². The molecule has 0 aliphatic heterocycles. The van der Waals surface area contributed by atoms with E-state index in [2.05, 4.69) is 33.6 Å². The summed E-state index contributed by atoms with van der Waals surface area (Å²) in [5.41, 5.74) is 0.906. The minimum absolute atomic E-state index is 0.253. The molecule has 0 saturated heterocycles. The lowest BCUT2D eigenvalue weighted by Gasteiger charge is -2.22. The summed E-state index contributed by atoms with van der Waals surface area (Å²) >= 11 is 0. The summed E-state index contributed by atoms with van der Waals surface area (Å²) in [6.07, 6.45) is 5.91. The van der Waals surface area contributed by atoms with Gasteiger partial charge < -0.3 is 14.2 Å². The van der Waals surface area contributed by atoms with Crippen molar-refractivity contribution in [1.29, 1.82) is 0 Å². The van der Waals surface area contributed by atoms with Crippen LogP contribution in [0, 0.1) is 0 Å². The lowest BCUT2D eigenvalue weighted by atomic mass is 10.2. The first kappa shape index (κ1) is 16.0. The number of likely N-dealkylation sites (N-methyl/N-ethyl adjacent to an activating group) is 1. The molecule has 0 spiro atoms. The number of methoxy groups -OCH3 is 1. The van der Waals surface area contributed by atoms with Crippen LogP contribution in [0.25, 0.3) is 0 Å². The highest BCUT2D eigenvalue weighted by molar-refractivity contribution is 5.77. The van der Waals surface area contributed by atoms with Crippen molar-refractivity contribution in [1.82, 2.24) is 19.8 Å². The Balaban J connectivity index is 2.01. The third-order valence-electron chi connectivity index (χ3n) is 4.04. The van der Waals surface area contributed by atoms with Gasteiger partial charge in [0.05, 0.1) is 25.3 Å². The first-order valence-corrected chi connectivity index (χ1v) is 7.76. The van der Waals surface area contributed by atoms with Crippen LogP contribution < -0.4 is 5.32 Å². The molecule has 0 radical (unpaired) electrons. The van der Waals surface area contributed by atoms with Crippen LogP contribution in [-0.4, -0.2) is 53.7 Å². The number of esters is 1. The molecule has 21 heavy (non-hydrogen) atoms. The van der Waals surface area contributed by atoms with Crippen molar-refractivity contribution in [3.05, 3.63) is 18.2 Å². The summed E-state index contributed by atoms with van der Waals surface area (Å²) in [7, 11) is 1.43. The third-order valence-corrected chi connectivity index (χ3v) is 4.04. The van der Waals surface area contributed by atoms with Crippen LogP contribution in [0.1, 0.15) is 44.5 Å². The first-order valence-electron chi connectivity index (χ1n) is 7.76. The molecule has 0 aromatic carbocycles. The summed E-state index contributed by atoms with van der Waals surface area (Å²) < 4.78 is 7.05. The highest BCUT2D eigenvalue weighted by Crippen LogP contribution is 2.37. The van der Waals surface area contributed by atoms with Gasteiger partial charge in [0, 0.05) is 19.1 Å². The molecule has 118 valence electrons. The zero-order valence-electron chi connectivity index (χ0n) is 13.2. The number of hydrogen-bond donors (Lipinski definition) is 1. The normalized spacial score (nSPS) is 16.2. The van der Waals surface area contributed by atoms with E-state index in [0.29, 0.717) is 6.04 Å². The van der Waals surface area contributed by atoms with Crippen LogP contribution in [0.2, 0.25) is 0 Å². The number of imidazole rings is 1. The van der Waals surface area contributed by atoms with Gasteiger partial charge in [-0.2, -0.15) is 0 Å². The predicted octanol–water partition coefficient (Wildman–Crippen LogP) is 1.36. The second kappa shape index (κ2) is 7.56. The van der Waals surface area contributed by atoms with Crippen LogP contribution in [0.4, 0.5) is 0 Å². The van der Waals surface area contributed by atoms with Crippen LogP contribution in [0.3, 0.4) is 0 Å². The molecule has 1 unspecified atom stereocenters. The van der Waals surface area contributed by atoms with Crippen molar-refractivity contribution in [2.75, 3.05) is 33.3 Å². The molecule has 2 rings (SSSR count). The average Bonchev–Trinajstić information content (AvgIpc) is 3.25. The molecule has 0 bridgehead atoms. The Bertz CT molecular complexity index is 452. The quantitative estimate of drug-likeness (QED) is 0.697. The number of rotatable bonds is 9. The number of carbonyl (C=O) groups excluding carboxylic acids is 1. The number of nitrogens with one attached hydrogen (secondary N) is 1. The molecular formula is C15H26N4O2. The van der Waals surface area contributed by atoms with Crippen molar-refractivity contribution in [3.8, 4) is 0 Å². The molecule has 1 aromatic heterocycles. The van der Waals surface area contributed by atoms with E-state index in [1.54, 1.807) is 6.20 Å². The number of carbonyl (C=O) groups is 1. The second-order valence-electron chi connectivity index (χ2n) is 5.39. The van der Waals surface area contributed by atoms with Gasteiger partial charge in [0.1, 0.15) is 6.04 Å². The topological polar surface area (TPSA) is 59.4 Å². The van der Waals surface area contributed by atoms with E-state index in [-0.39, 0.29) is 5.97 Å². The molecule has 1 heterocycles. The molecule has 1 aliphatic carbocycles. The standard InChI is InChI=1S/C15H26N4O2/c1-4-18(5-2)9-8-17-14(15(20)21-3)13-10-16-11-19(13)12-6-7-12/h10-12,14,17H,4-9H2,1-3H3. The Morgan fingerprint density at radius 1 is 1.52 bits per heavy atom. The molecule has 1 saturated carbocycles. The van der Waals surface area contributed by atoms with Crippen LogP contribution in [0.5, 0.6) is 0 Å². The highest BCUT2D eigenvalue weighted by Gasteiger charge is 2.31. The zero-order valence-corrected chi connectivity index (χ0v) is 13.2. The second-order valence-corrected chi connectivity index (χ2v) is 5.39. The van der Waals surface area contributed by atoms with E-state index in [1.807, 2.05) is 6.33 Å². The van der Waals surface area contributed by atoms with Gasteiger partial charge in [0.2, 0.25) is 0 Å². The van der Waals surface area contributed by atoms with E-state index in [0.717, 1.165) is 44.7 Å². The van der Waals surface area contributed by atoms with Crippen LogP contribution in [0.15, 0.2) is 12.5 Å². The molecule has 1 aromatic rings. The van der Waals surface area contributed by atoms with E-state index in [4.69, 9.17) is 4.74 Å². The summed E-state index contributed by atoms with van der Waals surface area (Å²) in [5, 5.41) is 3.32. The monoisotopic (exact) mass is 294 g/mol. The van der Waals surface area contributed by atoms with Gasteiger partial charge in [0.25, 0.3) is 0 Å². The Labute approximate surface area is 126 Å². The molecule has 6 nitrogen and oxygen atoms in total. The third kappa shape index (κ3) is 4.04. The van der Waals surface area contributed by atoms with Gasteiger partial charge in [-0.25, -0.2) is 9.78 Å². The summed E-state index contributed by atoms with van der Waals surface area (Å²) in [4.78, 5) is 18.6. The largest absolute Gasteiger partial charge is 0.468 e. The van der Waals surface area contributed by atoms with Gasteiger partial charge in [-0.05, 0) is 25.9 Å². The highest BCUT2D eigenvalue weighted by atomic mass is 16.5. The lowest BCUT2D eigenvalue weighted by Crippen LogP contribution is -2.37. The number of nitrogens with zero attached hydrogens (tertiary/aromatic N) is 3. The minimum Gasteiger partial charge on any atom is -0.468 e. The molecule has 1 atom stereocenters. The molecule has 0 amide bonds. The maximum atomic E-state index is 12.1. The van der Waals surface area contributed by atoms with Crippen molar-refractivity contribution in [3.63, 3.8) is 0 Å². The van der Waals surface area contributed by atoms with Crippen LogP contribution >= 0.6 is 0 Å². The van der Waals surface area contributed by atoms with Gasteiger partial charge >= 0.3 is 5.97 Å². The Kier molecular flexibility index (Phi) is 5.76. The Hall–Kier alpha value is -1.40. The lowest BCUT2D eigenvalue weighted by molar-refractivity contribution is -0.143. The first-order chi connectivity index (χ1) is 10.2. The summed E-state index contributed by atoms with van der Waals surface area (Å²) in [6, 6.07) is 0.0629. The van der Waals surface area contributed by atoms with Crippen molar-refractivity contribution >= 4 is 5.97 Å². The van der Waals surface area contributed by atoms with Gasteiger partial charge in [-0.3, -0.25) is 5.32 Å². The molecule has 1 aliphatic rings.